The van der Waals surface area contributed by atoms with Crippen LogP contribution in [0.5, 0.6) is 5.75 Å². The number of nitrogens with zero attached hydrogens (tertiary/aromatic N) is 3. The van der Waals surface area contributed by atoms with E-state index in [4.69, 9.17) is 9.15 Å². The van der Waals surface area contributed by atoms with E-state index in [-0.39, 0.29) is 17.6 Å². The standard InChI is InChI=1S/C24H24BrN3O4/c1-26(24(30)21-10-11-22(25)32-21)20-9-4-3-8-19(20)23(29)28-14-12-27(13-15-28)17-6-5-7-18(16-17)31-2/h3-11,16H,12-15H2,1-2H3. The van der Waals surface area contributed by atoms with Crippen molar-refractivity contribution in [3.05, 3.63) is 76.7 Å². The Kier molecular flexibility index (Phi) is 6.50. The maximum absolute atomic E-state index is 13.4. The summed E-state index contributed by atoms with van der Waals surface area (Å²) in [7, 11) is 3.30. The first-order valence-electron chi connectivity index (χ1n) is 10.3. The highest BCUT2D eigenvalue weighted by Gasteiger charge is 2.27. The monoisotopic (exact) mass is 497 g/mol. The third kappa shape index (κ3) is 4.50. The first-order valence-corrected chi connectivity index (χ1v) is 11.1. The summed E-state index contributed by atoms with van der Waals surface area (Å²) in [5.41, 5.74) is 2.11. The predicted molar refractivity (Wildman–Crippen MR) is 127 cm³/mol. The van der Waals surface area contributed by atoms with Crippen molar-refractivity contribution in [3.8, 4) is 5.75 Å². The minimum atomic E-state index is -0.321. The average molecular weight is 498 g/mol. The van der Waals surface area contributed by atoms with Gasteiger partial charge in [-0.3, -0.25) is 9.59 Å². The van der Waals surface area contributed by atoms with Gasteiger partial charge in [-0.15, -0.1) is 0 Å². The Bertz CT molecular complexity index is 1120. The zero-order valence-electron chi connectivity index (χ0n) is 18.0. The van der Waals surface area contributed by atoms with Crippen LogP contribution in [0.3, 0.4) is 0 Å². The molecule has 0 unspecified atom stereocenters. The third-order valence-corrected chi connectivity index (χ3v) is 6.00. The van der Waals surface area contributed by atoms with Crippen molar-refractivity contribution in [1.82, 2.24) is 4.90 Å². The number of hydrogen-bond acceptors (Lipinski definition) is 5. The number of furan rings is 1. The summed E-state index contributed by atoms with van der Waals surface area (Å²) in [6, 6.07) is 18.4. The second kappa shape index (κ2) is 9.48. The molecule has 0 bridgehead atoms. The van der Waals surface area contributed by atoms with E-state index in [1.807, 2.05) is 41.3 Å². The summed E-state index contributed by atoms with van der Waals surface area (Å²) in [6.07, 6.45) is 0. The Hall–Kier alpha value is -3.26. The number of hydrogen-bond donors (Lipinski definition) is 0. The average Bonchev–Trinajstić information content (AvgIpc) is 3.29. The van der Waals surface area contributed by atoms with Crippen LogP contribution < -0.4 is 14.5 Å². The van der Waals surface area contributed by atoms with E-state index < -0.39 is 0 Å². The molecule has 32 heavy (non-hydrogen) atoms. The zero-order chi connectivity index (χ0) is 22.7. The second-order valence-corrected chi connectivity index (χ2v) is 8.25. The Morgan fingerprint density at radius 1 is 1.00 bits per heavy atom. The van der Waals surface area contributed by atoms with Crippen LogP contribution in [-0.2, 0) is 0 Å². The van der Waals surface area contributed by atoms with E-state index in [0.29, 0.717) is 29.0 Å². The van der Waals surface area contributed by atoms with Gasteiger partial charge in [0.1, 0.15) is 5.75 Å². The van der Waals surface area contributed by atoms with Crippen LogP contribution in [0, 0.1) is 0 Å². The summed E-state index contributed by atoms with van der Waals surface area (Å²) >= 11 is 3.22. The molecular formula is C24H24BrN3O4. The maximum Gasteiger partial charge on any atom is 0.293 e. The van der Waals surface area contributed by atoms with Crippen molar-refractivity contribution < 1.29 is 18.7 Å². The summed E-state index contributed by atoms with van der Waals surface area (Å²) in [5, 5.41) is 0. The number of para-hydroxylation sites is 1. The van der Waals surface area contributed by atoms with Crippen LogP contribution in [0.2, 0.25) is 0 Å². The molecule has 1 aromatic heterocycles. The molecule has 1 aliphatic heterocycles. The van der Waals surface area contributed by atoms with Gasteiger partial charge in [0.25, 0.3) is 11.8 Å². The molecule has 8 heteroatoms. The molecule has 0 N–H and O–H groups in total. The Labute approximate surface area is 195 Å². The molecule has 3 aromatic rings. The van der Waals surface area contributed by atoms with Crippen molar-refractivity contribution in [2.75, 3.05) is 50.1 Å². The third-order valence-electron chi connectivity index (χ3n) is 5.57. The molecular weight excluding hydrogens is 474 g/mol. The molecule has 1 fully saturated rings. The minimum absolute atomic E-state index is 0.0915. The lowest BCUT2D eigenvalue weighted by Crippen LogP contribution is -2.49. The number of halogens is 1. The van der Waals surface area contributed by atoms with Gasteiger partial charge in [-0.05, 0) is 52.3 Å². The number of carbonyl (C=O) groups is 2. The van der Waals surface area contributed by atoms with Crippen LogP contribution in [0.15, 0.2) is 69.8 Å². The van der Waals surface area contributed by atoms with Gasteiger partial charge in [-0.1, -0.05) is 18.2 Å². The quantitative estimate of drug-likeness (QED) is 0.525. The largest absolute Gasteiger partial charge is 0.497 e. The van der Waals surface area contributed by atoms with Gasteiger partial charge in [-0.25, -0.2) is 0 Å². The first-order chi connectivity index (χ1) is 15.5. The van der Waals surface area contributed by atoms with Crippen LogP contribution in [0.4, 0.5) is 11.4 Å². The van der Waals surface area contributed by atoms with Crippen molar-refractivity contribution >= 4 is 39.1 Å². The van der Waals surface area contributed by atoms with Gasteiger partial charge in [-0.2, -0.15) is 0 Å². The molecule has 7 nitrogen and oxygen atoms in total. The molecule has 1 saturated heterocycles. The molecule has 2 amide bonds. The van der Waals surface area contributed by atoms with Crippen molar-refractivity contribution in [2.24, 2.45) is 0 Å². The number of benzene rings is 2. The van der Waals surface area contributed by atoms with Crippen LogP contribution >= 0.6 is 15.9 Å². The van der Waals surface area contributed by atoms with Gasteiger partial charge in [0.15, 0.2) is 10.4 Å². The van der Waals surface area contributed by atoms with Crippen LogP contribution in [0.25, 0.3) is 0 Å². The van der Waals surface area contributed by atoms with Gasteiger partial charge < -0.3 is 23.9 Å². The van der Waals surface area contributed by atoms with Crippen molar-refractivity contribution in [1.29, 1.82) is 0 Å². The number of piperazine rings is 1. The highest BCUT2D eigenvalue weighted by Crippen LogP contribution is 2.26. The smallest absolute Gasteiger partial charge is 0.293 e. The topological polar surface area (TPSA) is 66.2 Å². The molecule has 0 radical (unpaired) electrons. The molecule has 0 spiro atoms. The lowest BCUT2D eigenvalue weighted by Gasteiger charge is -2.36. The Balaban J connectivity index is 1.48. The molecule has 4 rings (SSSR count). The fraction of sp³-hybridized carbons (Fsp3) is 0.250. The fourth-order valence-corrected chi connectivity index (χ4v) is 4.10. The highest BCUT2D eigenvalue weighted by molar-refractivity contribution is 9.10. The van der Waals surface area contributed by atoms with Gasteiger partial charge >= 0.3 is 0 Å². The number of carbonyl (C=O) groups excluding carboxylic acids is 2. The van der Waals surface area contributed by atoms with E-state index in [1.54, 1.807) is 38.4 Å². The fourth-order valence-electron chi connectivity index (χ4n) is 3.80. The summed E-state index contributed by atoms with van der Waals surface area (Å²) in [6.45, 7) is 2.62. The molecule has 0 aliphatic carbocycles. The number of ether oxygens (including phenoxy) is 1. The number of rotatable bonds is 5. The lowest BCUT2D eigenvalue weighted by atomic mass is 10.1. The zero-order valence-corrected chi connectivity index (χ0v) is 19.5. The predicted octanol–water partition coefficient (Wildman–Crippen LogP) is 4.29. The van der Waals surface area contributed by atoms with Gasteiger partial charge in [0.05, 0.1) is 18.4 Å². The van der Waals surface area contributed by atoms with Crippen LogP contribution in [-0.4, -0.2) is 57.1 Å². The van der Waals surface area contributed by atoms with Crippen molar-refractivity contribution in [2.45, 2.75) is 0 Å². The van der Waals surface area contributed by atoms with E-state index in [1.165, 1.54) is 4.90 Å². The normalized spacial score (nSPS) is 13.7. The highest BCUT2D eigenvalue weighted by atomic mass is 79.9. The minimum Gasteiger partial charge on any atom is -0.497 e. The molecule has 0 atom stereocenters. The van der Waals surface area contributed by atoms with E-state index in [0.717, 1.165) is 24.5 Å². The Morgan fingerprint density at radius 2 is 1.75 bits per heavy atom. The lowest BCUT2D eigenvalue weighted by molar-refractivity contribution is 0.0747. The van der Waals surface area contributed by atoms with Gasteiger partial charge in [0.2, 0.25) is 0 Å². The summed E-state index contributed by atoms with van der Waals surface area (Å²) < 4.78 is 11.2. The molecule has 0 saturated carbocycles. The second-order valence-electron chi connectivity index (χ2n) is 7.47. The first kappa shape index (κ1) is 22.0. The number of amides is 2. The molecule has 2 aromatic carbocycles. The van der Waals surface area contributed by atoms with Crippen LogP contribution in [0.1, 0.15) is 20.9 Å². The van der Waals surface area contributed by atoms with Crippen molar-refractivity contribution in [3.63, 3.8) is 0 Å². The van der Waals surface area contributed by atoms with E-state index in [2.05, 4.69) is 20.8 Å². The number of methoxy groups -OCH3 is 1. The number of anilines is 2. The maximum atomic E-state index is 13.4. The van der Waals surface area contributed by atoms with E-state index >= 15 is 0 Å². The Morgan fingerprint density at radius 3 is 2.44 bits per heavy atom. The van der Waals surface area contributed by atoms with E-state index in [9.17, 15) is 9.59 Å². The SMILES string of the molecule is COc1cccc(N2CCN(C(=O)c3ccccc3N(C)C(=O)c3ccc(Br)o3)CC2)c1. The summed E-state index contributed by atoms with van der Waals surface area (Å²) in [5.74, 6) is 0.602. The summed E-state index contributed by atoms with van der Waals surface area (Å²) in [4.78, 5) is 31.7. The van der Waals surface area contributed by atoms with Gasteiger partial charge in [0, 0.05) is 45.0 Å². The molecule has 1 aliphatic rings. The molecule has 166 valence electrons. The molecule has 2 heterocycles.